The molecule has 6 heteroatoms. The SMILES string of the molecule is Cn1nc(C(C(=O)O)C2CCOCC2)cc1N. The van der Waals surface area contributed by atoms with Crippen molar-refractivity contribution in [1.82, 2.24) is 9.78 Å². The summed E-state index contributed by atoms with van der Waals surface area (Å²) in [7, 11) is 1.71. The van der Waals surface area contributed by atoms with Gasteiger partial charge in [0.05, 0.1) is 5.69 Å². The number of rotatable bonds is 3. The monoisotopic (exact) mass is 239 g/mol. The summed E-state index contributed by atoms with van der Waals surface area (Å²) in [5.41, 5.74) is 6.24. The van der Waals surface area contributed by atoms with Crippen LogP contribution in [0.3, 0.4) is 0 Å². The molecule has 1 aromatic heterocycles. The van der Waals surface area contributed by atoms with Gasteiger partial charge in [0, 0.05) is 26.3 Å². The highest BCUT2D eigenvalue weighted by atomic mass is 16.5. The number of hydrogen-bond acceptors (Lipinski definition) is 4. The number of nitrogens with two attached hydrogens (primary N) is 1. The highest BCUT2D eigenvalue weighted by molar-refractivity contribution is 5.76. The molecule has 6 nitrogen and oxygen atoms in total. The molecule has 94 valence electrons. The molecule has 0 aromatic carbocycles. The number of carbonyl (C=O) groups is 1. The molecule has 3 N–H and O–H groups in total. The van der Waals surface area contributed by atoms with E-state index in [1.54, 1.807) is 13.1 Å². The maximum Gasteiger partial charge on any atom is 0.312 e. The molecule has 1 fully saturated rings. The Morgan fingerprint density at radius 1 is 1.65 bits per heavy atom. The summed E-state index contributed by atoms with van der Waals surface area (Å²) in [6.45, 7) is 1.24. The molecule has 1 aliphatic heterocycles. The first-order chi connectivity index (χ1) is 8.09. The first-order valence-corrected chi connectivity index (χ1v) is 5.69. The summed E-state index contributed by atoms with van der Waals surface area (Å²) < 4.78 is 6.76. The third-order valence-corrected chi connectivity index (χ3v) is 3.26. The zero-order valence-electron chi connectivity index (χ0n) is 9.80. The van der Waals surface area contributed by atoms with Crippen molar-refractivity contribution in [2.75, 3.05) is 18.9 Å². The van der Waals surface area contributed by atoms with E-state index in [9.17, 15) is 9.90 Å². The van der Waals surface area contributed by atoms with Crippen LogP contribution in [0.4, 0.5) is 5.82 Å². The summed E-state index contributed by atoms with van der Waals surface area (Å²) in [4.78, 5) is 11.4. The Hall–Kier alpha value is -1.56. The molecule has 0 bridgehead atoms. The van der Waals surface area contributed by atoms with Gasteiger partial charge in [0.1, 0.15) is 11.7 Å². The van der Waals surface area contributed by atoms with Gasteiger partial charge in [-0.15, -0.1) is 0 Å². The third-order valence-electron chi connectivity index (χ3n) is 3.26. The lowest BCUT2D eigenvalue weighted by Gasteiger charge is -2.26. The number of hydrogen-bond donors (Lipinski definition) is 2. The van der Waals surface area contributed by atoms with Crippen molar-refractivity contribution in [1.29, 1.82) is 0 Å². The van der Waals surface area contributed by atoms with Gasteiger partial charge in [-0.3, -0.25) is 9.48 Å². The fourth-order valence-corrected chi connectivity index (χ4v) is 2.28. The van der Waals surface area contributed by atoms with E-state index in [2.05, 4.69) is 5.10 Å². The second kappa shape index (κ2) is 4.75. The average molecular weight is 239 g/mol. The van der Waals surface area contributed by atoms with Crippen LogP contribution in [0.25, 0.3) is 0 Å². The molecule has 2 heterocycles. The number of aliphatic carboxylic acids is 1. The number of nitrogen functional groups attached to an aromatic ring is 1. The van der Waals surface area contributed by atoms with E-state index in [-0.39, 0.29) is 5.92 Å². The lowest BCUT2D eigenvalue weighted by Crippen LogP contribution is -2.27. The van der Waals surface area contributed by atoms with Crippen LogP contribution in [0.2, 0.25) is 0 Å². The molecule has 1 atom stereocenters. The first-order valence-electron chi connectivity index (χ1n) is 5.69. The Labute approximate surface area is 99.4 Å². The first kappa shape index (κ1) is 11.9. The molecule has 2 rings (SSSR count). The minimum absolute atomic E-state index is 0.0792. The van der Waals surface area contributed by atoms with Crippen LogP contribution in [0.1, 0.15) is 24.5 Å². The molecule has 1 saturated heterocycles. The summed E-state index contributed by atoms with van der Waals surface area (Å²) >= 11 is 0. The van der Waals surface area contributed by atoms with Crippen molar-refractivity contribution in [3.05, 3.63) is 11.8 Å². The second-order valence-corrected chi connectivity index (χ2v) is 4.38. The van der Waals surface area contributed by atoms with Gasteiger partial charge in [0.15, 0.2) is 0 Å². The lowest BCUT2D eigenvalue weighted by atomic mass is 9.84. The maximum atomic E-state index is 11.4. The fourth-order valence-electron chi connectivity index (χ4n) is 2.28. The molecule has 0 spiro atoms. The summed E-state index contributed by atoms with van der Waals surface area (Å²) in [5.74, 6) is -0.855. The number of nitrogens with zero attached hydrogens (tertiary/aromatic N) is 2. The molecule has 1 aliphatic rings. The Morgan fingerprint density at radius 2 is 2.29 bits per heavy atom. The Kier molecular flexibility index (Phi) is 3.33. The normalized spacial score (nSPS) is 19.1. The van der Waals surface area contributed by atoms with Crippen molar-refractivity contribution < 1.29 is 14.6 Å². The smallest absolute Gasteiger partial charge is 0.312 e. The Balaban J connectivity index is 2.24. The molecule has 0 aliphatic carbocycles. The molecular weight excluding hydrogens is 222 g/mol. The number of carboxylic acid groups (broad SMARTS) is 1. The quantitative estimate of drug-likeness (QED) is 0.806. The molecule has 1 aromatic rings. The van der Waals surface area contributed by atoms with E-state index in [1.165, 1.54) is 4.68 Å². The highest BCUT2D eigenvalue weighted by Gasteiger charge is 2.33. The van der Waals surface area contributed by atoms with Crippen molar-refractivity contribution in [2.24, 2.45) is 13.0 Å². The minimum Gasteiger partial charge on any atom is -0.481 e. The van der Waals surface area contributed by atoms with E-state index in [0.29, 0.717) is 24.7 Å². The average Bonchev–Trinajstić information content (AvgIpc) is 2.60. The van der Waals surface area contributed by atoms with Crippen molar-refractivity contribution >= 4 is 11.8 Å². The van der Waals surface area contributed by atoms with E-state index in [1.807, 2.05) is 0 Å². The number of ether oxygens (including phenoxy) is 1. The van der Waals surface area contributed by atoms with Gasteiger partial charge in [-0.1, -0.05) is 0 Å². The maximum absolute atomic E-state index is 11.4. The lowest BCUT2D eigenvalue weighted by molar-refractivity contribution is -0.141. The fraction of sp³-hybridized carbons (Fsp3) is 0.636. The van der Waals surface area contributed by atoms with Crippen molar-refractivity contribution in [2.45, 2.75) is 18.8 Å². The summed E-state index contributed by atoms with van der Waals surface area (Å²) in [5, 5.41) is 13.5. The van der Waals surface area contributed by atoms with Crippen LogP contribution < -0.4 is 5.73 Å². The molecule has 17 heavy (non-hydrogen) atoms. The number of carboxylic acids is 1. The van der Waals surface area contributed by atoms with Gasteiger partial charge >= 0.3 is 5.97 Å². The molecule has 0 amide bonds. The van der Waals surface area contributed by atoms with Gasteiger partial charge in [-0.05, 0) is 18.8 Å². The molecule has 0 saturated carbocycles. The number of aryl methyl sites for hydroxylation is 1. The van der Waals surface area contributed by atoms with Gasteiger partial charge in [-0.25, -0.2) is 0 Å². The molecule has 0 radical (unpaired) electrons. The predicted octanol–water partition coefficient (Wildman–Crippen LogP) is 0.597. The predicted molar refractivity (Wildman–Crippen MR) is 61.5 cm³/mol. The van der Waals surface area contributed by atoms with Gasteiger partial charge in [0.2, 0.25) is 0 Å². The van der Waals surface area contributed by atoms with Crippen molar-refractivity contribution in [3.63, 3.8) is 0 Å². The van der Waals surface area contributed by atoms with Crippen LogP contribution in [-0.4, -0.2) is 34.1 Å². The molecular formula is C11H17N3O3. The van der Waals surface area contributed by atoms with Crippen LogP contribution in [-0.2, 0) is 16.6 Å². The molecule has 1 unspecified atom stereocenters. The second-order valence-electron chi connectivity index (χ2n) is 4.38. The van der Waals surface area contributed by atoms with E-state index >= 15 is 0 Å². The minimum atomic E-state index is -0.838. The van der Waals surface area contributed by atoms with E-state index in [4.69, 9.17) is 10.5 Å². The Morgan fingerprint density at radius 3 is 2.76 bits per heavy atom. The van der Waals surface area contributed by atoms with E-state index < -0.39 is 11.9 Å². The van der Waals surface area contributed by atoms with Crippen LogP contribution >= 0.6 is 0 Å². The van der Waals surface area contributed by atoms with Crippen LogP contribution in [0, 0.1) is 5.92 Å². The summed E-state index contributed by atoms with van der Waals surface area (Å²) in [6, 6.07) is 1.65. The number of anilines is 1. The van der Waals surface area contributed by atoms with E-state index in [0.717, 1.165) is 12.8 Å². The number of aromatic nitrogens is 2. The Bertz CT molecular complexity index is 391. The zero-order chi connectivity index (χ0) is 12.4. The van der Waals surface area contributed by atoms with Gasteiger partial charge in [-0.2, -0.15) is 5.10 Å². The highest BCUT2D eigenvalue weighted by Crippen LogP contribution is 2.32. The topological polar surface area (TPSA) is 90.4 Å². The van der Waals surface area contributed by atoms with Crippen LogP contribution in [0.15, 0.2) is 6.07 Å². The zero-order valence-corrected chi connectivity index (χ0v) is 9.80. The summed E-state index contributed by atoms with van der Waals surface area (Å²) in [6.07, 6.45) is 1.51. The van der Waals surface area contributed by atoms with Crippen molar-refractivity contribution in [3.8, 4) is 0 Å². The standard InChI is InChI=1S/C11H17N3O3/c1-14-9(12)6-8(13-14)10(11(15)16)7-2-4-17-5-3-7/h6-7,10H,2-5,12H2,1H3,(H,15,16). The van der Waals surface area contributed by atoms with Crippen LogP contribution in [0.5, 0.6) is 0 Å². The largest absolute Gasteiger partial charge is 0.481 e. The van der Waals surface area contributed by atoms with Gasteiger partial charge in [0.25, 0.3) is 0 Å². The third kappa shape index (κ3) is 2.41. The van der Waals surface area contributed by atoms with Gasteiger partial charge < -0.3 is 15.6 Å².